The predicted molar refractivity (Wildman–Crippen MR) is 127 cm³/mol. The van der Waals surface area contributed by atoms with E-state index in [9.17, 15) is 4.79 Å². The lowest BCUT2D eigenvalue weighted by atomic mass is 9.98. The van der Waals surface area contributed by atoms with Crippen LogP contribution in [0.1, 0.15) is 16.8 Å². The molecule has 0 aliphatic carbocycles. The highest BCUT2D eigenvalue weighted by molar-refractivity contribution is 7.13. The number of fused-ring (bicyclic) bond motifs is 1. The second-order valence-corrected chi connectivity index (χ2v) is 8.45. The van der Waals surface area contributed by atoms with Crippen LogP contribution in [-0.4, -0.2) is 50.3 Å². The van der Waals surface area contributed by atoms with Gasteiger partial charge in [0.2, 0.25) is 0 Å². The van der Waals surface area contributed by atoms with Gasteiger partial charge in [-0.3, -0.25) is 15.0 Å². The highest BCUT2D eigenvalue weighted by Gasteiger charge is 2.20. The third-order valence-corrected chi connectivity index (χ3v) is 6.20. The molecule has 1 N–H and O–H groups in total. The fraction of sp³-hybridized carbons (Fsp3) is 0.333. The smallest absolute Gasteiger partial charge is 0.264 e. The Hall–Kier alpha value is -3.30. The number of hydrogen-bond acceptors (Lipinski definition) is 8. The van der Waals surface area contributed by atoms with Gasteiger partial charge in [-0.25, -0.2) is 4.98 Å². The molecule has 9 heteroatoms. The van der Waals surface area contributed by atoms with E-state index in [2.05, 4.69) is 27.3 Å². The molecule has 0 fully saturated rings. The van der Waals surface area contributed by atoms with E-state index in [1.807, 2.05) is 17.5 Å². The molecule has 33 heavy (non-hydrogen) atoms. The van der Waals surface area contributed by atoms with Gasteiger partial charge in [0.25, 0.3) is 5.91 Å². The zero-order chi connectivity index (χ0) is 23.2. The largest absolute Gasteiger partial charge is 0.497 e. The minimum Gasteiger partial charge on any atom is -0.497 e. The number of nitrogens with one attached hydrogen (secondary N) is 1. The summed E-state index contributed by atoms with van der Waals surface area (Å²) < 4.78 is 21.6. The number of ether oxygens (including phenoxy) is 4. The van der Waals surface area contributed by atoms with Gasteiger partial charge < -0.3 is 18.9 Å². The molecule has 0 radical (unpaired) electrons. The monoisotopic (exact) mass is 469 g/mol. The van der Waals surface area contributed by atoms with Crippen molar-refractivity contribution in [3.63, 3.8) is 0 Å². The third-order valence-electron chi connectivity index (χ3n) is 5.39. The summed E-state index contributed by atoms with van der Waals surface area (Å²) in [4.78, 5) is 19.2. The van der Waals surface area contributed by atoms with Crippen LogP contribution < -0.4 is 24.3 Å². The summed E-state index contributed by atoms with van der Waals surface area (Å²) in [5.74, 6) is 2.50. The lowest BCUT2D eigenvalue weighted by molar-refractivity contribution is -0.118. The summed E-state index contributed by atoms with van der Waals surface area (Å²) >= 11 is 1.41. The van der Waals surface area contributed by atoms with E-state index in [1.54, 1.807) is 33.5 Å². The number of aromatic nitrogens is 1. The average molecular weight is 470 g/mol. The molecular weight excluding hydrogens is 442 g/mol. The van der Waals surface area contributed by atoms with Crippen LogP contribution in [0.15, 0.2) is 41.8 Å². The molecule has 4 rings (SSSR count). The fourth-order valence-electron chi connectivity index (χ4n) is 3.74. The Kier molecular flexibility index (Phi) is 7.31. The van der Waals surface area contributed by atoms with Crippen molar-refractivity contribution in [3.8, 4) is 23.0 Å². The number of rotatable bonds is 9. The van der Waals surface area contributed by atoms with Gasteiger partial charge >= 0.3 is 0 Å². The molecule has 8 nitrogen and oxygen atoms in total. The Labute approximate surface area is 197 Å². The molecule has 0 unspecified atom stereocenters. The van der Waals surface area contributed by atoms with E-state index in [4.69, 9.17) is 18.9 Å². The summed E-state index contributed by atoms with van der Waals surface area (Å²) in [5, 5.41) is 5.34. The lowest BCUT2D eigenvalue weighted by Crippen LogP contribution is -2.30. The Bertz CT molecular complexity index is 1120. The summed E-state index contributed by atoms with van der Waals surface area (Å²) in [6.45, 7) is 2.34. The van der Waals surface area contributed by atoms with Crippen molar-refractivity contribution in [3.05, 3.63) is 58.6 Å². The summed E-state index contributed by atoms with van der Waals surface area (Å²) in [7, 11) is 4.89. The van der Waals surface area contributed by atoms with Gasteiger partial charge in [-0.1, -0.05) is 6.07 Å². The SMILES string of the molecule is COc1cccc(OCC(=O)Nc2nc(CN3CCc4cc(OC)c(OC)cc4C3)cs2)c1. The van der Waals surface area contributed by atoms with Crippen molar-refractivity contribution in [1.82, 2.24) is 9.88 Å². The summed E-state index contributed by atoms with van der Waals surface area (Å²) in [6.07, 6.45) is 0.936. The normalized spacial score (nSPS) is 13.2. The number of thiazole rings is 1. The van der Waals surface area contributed by atoms with Crippen molar-refractivity contribution < 1.29 is 23.7 Å². The fourth-order valence-corrected chi connectivity index (χ4v) is 4.46. The summed E-state index contributed by atoms with van der Waals surface area (Å²) in [5.41, 5.74) is 3.44. The third kappa shape index (κ3) is 5.74. The molecule has 2 aromatic carbocycles. The van der Waals surface area contributed by atoms with Crippen LogP contribution in [0, 0.1) is 0 Å². The minimum atomic E-state index is -0.258. The number of methoxy groups -OCH3 is 3. The van der Waals surface area contributed by atoms with Gasteiger partial charge in [0.1, 0.15) is 11.5 Å². The maximum absolute atomic E-state index is 12.3. The first-order chi connectivity index (χ1) is 16.1. The lowest BCUT2D eigenvalue weighted by Gasteiger charge is -2.29. The van der Waals surface area contributed by atoms with Gasteiger partial charge in [0.05, 0.1) is 27.0 Å². The number of hydrogen-bond donors (Lipinski definition) is 1. The Morgan fingerprint density at radius 3 is 2.58 bits per heavy atom. The van der Waals surface area contributed by atoms with E-state index >= 15 is 0 Å². The molecule has 0 bridgehead atoms. The standard InChI is InChI=1S/C24H27N3O5S/c1-29-19-5-4-6-20(11-19)32-14-23(28)26-24-25-18(15-33-24)13-27-8-7-16-9-21(30-2)22(31-3)10-17(16)12-27/h4-6,9-11,15H,7-8,12-14H2,1-3H3,(H,25,26,28). The first kappa shape index (κ1) is 22.9. The highest BCUT2D eigenvalue weighted by Crippen LogP contribution is 2.33. The predicted octanol–water partition coefficient (Wildman–Crippen LogP) is 3.74. The molecule has 0 atom stereocenters. The molecule has 0 saturated carbocycles. The van der Waals surface area contributed by atoms with Crippen molar-refractivity contribution in [2.24, 2.45) is 0 Å². The van der Waals surface area contributed by atoms with Crippen molar-refractivity contribution in [2.45, 2.75) is 19.5 Å². The van der Waals surface area contributed by atoms with Crippen LogP contribution in [-0.2, 0) is 24.3 Å². The van der Waals surface area contributed by atoms with Crippen LogP contribution in [0.2, 0.25) is 0 Å². The Morgan fingerprint density at radius 1 is 1.06 bits per heavy atom. The van der Waals surface area contributed by atoms with E-state index in [0.717, 1.165) is 36.7 Å². The van der Waals surface area contributed by atoms with Crippen LogP contribution in [0.4, 0.5) is 5.13 Å². The first-order valence-electron chi connectivity index (χ1n) is 10.5. The maximum Gasteiger partial charge on any atom is 0.264 e. The topological polar surface area (TPSA) is 82.2 Å². The number of amides is 1. The maximum atomic E-state index is 12.3. The van der Waals surface area contributed by atoms with E-state index < -0.39 is 0 Å². The molecule has 174 valence electrons. The van der Waals surface area contributed by atoms with Crippen LogP contribution in [0.3, 0.4) is 0 Å². The first-order valence-corrected chi connectivity index (χ1v) is 11.4. The van der Waals surface area contributed by atoms with Crippen LogP contribution in [0.25, 0.3) is 0 Å². The number of benzene rings is 2. The van der Waals surface area contributed by atoms with Crippen LogP contribution >= 0.6 is 11.3 Å². The number of carbonyl (C=O) groups excluding carboxylic acids is 1. The second kappa shape index (κ2) is 10.5. The number of carbonyl (C=O) groups is 1. The minimum absolute atomic E-state index is 0.101. The Morgan fingerprint density at radius 2 is 1.82 bits per heavy atom. The zero-order valence-electron chi connectivity index (χ0n) is 18.9. The molecule has 1 aromatic heterocycles. The Balaban J connectivity index is 1.30. The molecule has 2 heterocycles. The molecule has 0 spiro atoms. The van der Waals surface area contributed by atoms with Gasteiger partial charge in [-0.15, -0.1) is 11.3 Å². The molecule has 1 amide bonds. The van der Waals surface area contributed by atoms with Gasteiger partial charge in [-0.05, 0) is 41.8 Å². The number of anilines is 1. The van der Waals surface area contributed by atoms with E-state index in [0.29, 0.717) is 23.2 Å². The average Bonchev–Trinajstić information content (AvgIpc) is 3.28. The zero-order valence-corrected chi connectivity index (χ0v) is 19.7. The van der Waals surface area contributed by atoms with E-state index in [-0.39, 0.29) is 12.5 Å². The molecular formula is C24H27N3O5S. The molecule has 1 aliphatic heterocycles. The molecule has 3 aromatic rings. The van der Waals surface area contributed by atoms with Gasteiger partial charge in [0.15, 0.2) is 23.2 Å². The second-order valence-electron chi connectivity index (χ2n) is 7.60. The van der Waals surface area contributed by atoms with Crippen molar-refractivity contribution >= 4 is 22.4 Å². The van der Waals surface area contributed by atoms with Crippen LogP contribution in [0.5, 0.6) is 23.0 Å². The van der Waals surface area contributed by atoms with Crippen molar-refractivity contribution in [2.75, 3.05) is 39.8 Å². The molecule has 1 aliphatic rings. The van der Waals surface area contributed by atoms with E-state index in [1.165, 1.54) is 22.5 Å². The van der Waals surface area contributed by atoms with Gasteiger partial charge in [0, 0.05) is 31.1 Å². The molecule has 0 saturated heterocycles. The van der Waals surface area contributed by atoms with Crippen molar-refractivity contribution in [1.29, 1.82) is 0 Å². The highest BCUT2D eigenvalue weighted by atomic mass is 32.1. The quantitative estimate of drug-likeness (QED) is 0.511. The summed E-state index contributed by atoms with van der Waals surface area (Å²) in [6, 6.07) is 11.3. The number of nitrogens with zero attached hydrogens (tertiary/aromatic N) is 2. The van der Waals surface area contributed by atoms with Gasteiger partial charge in [-0.2, -0.15) is 0 Å².